The maximum absolute atomic E-state index is 12.9. The third-order valence-electron chi connectivity index (χ3n) is 4.68. The van der Waals surface area contributed by atoms with Gasteiger partial charge in [0.05, 0.1) is 16.5 Å². The Kier molecular flexibility index (Phi) is 4.77. The van der Waals surface area contributed by atoms with Crippen LogP contribution in [0.15, 0.2) is 78.6 Å². The molecule has 30 heavy (non-hydrogen) atoms. The highest BCUT2D eigenvalue weighted by Gasteiger charge is 2.48. The molecule has 0 aliphatic carbocycles. The van der Waals surface area contributed by atoms with Crippen LogP contribution in [0.1, 0.15) is 17.2 Å². The van der Waals surface area contributed by atoms with E-state index in [0.29, 0.717) is 11.1 Å². The van der Waals surface area contributed by atoms with Crippen LogP contribution in [0.4, 0.5) is 11.6 Å². The minimum Gasteiger partial charge on any atom is -0.507 e. The number of aliphatic hydroxyl groups is 1. The lowest BCUT2D eigenvalue weighted by Crippen LogP contribution is -2.31. The molecule has 1 aliphatic rings. The number of carbonyl (C=O) groups is 2. The summed E-state index contributed by atoms with van der Waals surface area (Å²) in [6.07, 6.45) is 2.84. The number of benzene rings is 2. The zero-order valence-electron chi connectivity index (χ0n) is 15.4. The van der Waals surface area contributed by atoms with Crippen molar-refractivity contribution in [2.24, 2.45) is 0 Å². The Morgan fingerprint density at radius 2 is 1.60 bits per heavy atom. The van der Waals surface area contributed by atoms with E-state index < -0.39 is 22.7 Å². The van der Waals surface area contributed by atoms with Crippen LogP contribution < -0.4 is 4.90 Å². The highest BCUT2D eigenvalue weighted by molar-refractivity contribution is 6.51. The topological polar surface area (TPSA) is 127 Å². The van der Waals surface area contributed by atoms with Crippen LogP contribution in [-0.2, 0) is 9.59 Å². The monoisotopic (exact) mass is 402 g/mol. The normalized spacial score (nSPS) is 17.9. The molecule has 0 spiro atoms. The lowest BCUT2D eigenvalue weighted by Gasteiger charge is -2.23. The van der Waals surface area contributed by atoms with E-state index in [9.17, 15) is 24.8 Å². The summed E-state index contributed by atoms with van der Waals surface area (Å²) in [5, 5.41) is 21.9. The van der Waals surface area contributed by atoms with Crippen LogP contribution in [-0.4, -0.2) is 31.7 Å². The molecule has 1 fully saturated rings. The van der Waals surface area contributed by atoms with Gasteiger partial charge < -0.3 is 5.11 Å². The molecule has 9 nitrogen and oxygen atoms in total. The minimum atomic E-state index is -1.05. The van der Waals surface area contributed by atoms with Gasteiger partial charge in [-0.05, 0) is 23.8 Å². The lowest BCUT2D eigenvalue weighted by atomic mass is 9.95. The smallest absolute Gasteiger partial charge is 0.302 e. The van der Waals surface area contributed by atoms with E-state index in [1.54, 1.807) is 36.4 Å². The van der Waals surface area contributed by atoms with Crippen molar-refractivity contribution in [1.29, 1.82) is 0 Å². The fourth-order valence-corrected chi connectivity index (χ4v) is 3.30. The second-order valence-corrected chi connectivity index (χ2v) is 6.43. The van der Waals surface area contributed by atoms with Gasteiger partial charge in [-0.25, -0.2) is 9.97 Å². The van der Waals surface area contributed by atoms with E-state index in [-0.39, 0.29) is 23.0 Å². The first-order valence-corrected chi connectivity index (χ1v) is 8.87. The fourth-order valence-electron chi connectivity index (χ4n) is 3.30. The quantitative estimate of drug-likeness (QED) is 0.234. The first-order chi connectivity index (χ1) is 14.5. The Bertz CT molecular complexity index is 1160. The summed E-state index contributed by atoms with van der Waals surface area (Å²) >= 11 is 0. The number of hydrogen-bond donors (Lipinski definition) is 1. The minimum absolute atomic E-state index is 0.0185. The molecule has 0 saturated carbocycles. The molecule has 1 N–H and O–H groups in total. The molecule has 1 atom stereocenters. The molecule has 0 radical (unpaired) electrons. The van der Waals surface area contributed by atoms with Gasteiger partial charge in [0.25, 0.3) is 11.5 Å². The number of anilines is 1. The number of nitrogens with zero attached hydrogens (tertiary/aromatic N) is 4. The Morgan fingerprint density at radius 1 is 0.967 bits per heavy atom. The largest absolute Gasteiger partial charge is 0.507 e. The Labute approximate surface area is 170 Å². The zero-order chi connectivity index (χ0) is 21.3. The first-order valence-electron chi connectivity index (χ1n) is 8.87. The van der Waals surface area contributed by atoms with E-state index >= 15 is 0 Å². The summed E-state index contributed by atoms with van der Waals surface area (Å²) in [6.45, 7) is 0. The van der Waals surface area contributed by atoms with Crippen molar-refractivity contribution in [3.05, 3.63) is 99.9 Å². The van der Waals surface area contributed by atoms with Crippen molar-refractivity contribution in [3.8, 4) is 0 Å². The summed E-state index contributed by atoms with van der Waals surface area (Å²) < 4.78 is 0. The molecule has 2 aromatic carbocycles. The van der Waals surface area contributed by atoms with Gasteiger partial charge in [-0.15, -0.1) is 0 Å². The van der Waals surface area contributed by atoms with Crippen LogP contribution in [0.2, 0.25) is 0 Å². The Hall–Kier alpha value is -4.40. The molecule has 1 aliphatic heterocycles. The molecule has 1 amide bonds. The predicted octanol–water partition coefficient (Wildman–Crippen LogP) is 3.01. The number of Topliss-reactive ketones (excluding diaryl/α,β-unsaturated/α-hetero) is 1. The second kappa shape index (κ2) is 7.55. The van der Waals surface area contributed by atoms with Gasteiger partial charge in [0.15, 0.2) is 0 Å². The number of rotatable bonds is 4. The van der Waals surface area contributed by atoms with E-state index in [4.69, 9.17) is 0 Å². The average Bonchev–Trinajstić information content (AvgIpc) is 3.05. The molecule has 148 valence electrons. The molecule has 9 heteroatoms. The summed E-state index contributed by atoms with van der Waals surface area (Å²) in [4.78, 5) is 45.4. The maximum Gasteiger partial charge on any atom is 0.302 e. The molecule has 1 saturated heterocycles. The standard InChI is InChI=1S/C21H14N4O5/c26-18(14-5-2-1-3-6-14)16-17(13-7-9-15(10-8-13)25(29)30)24(20(28)19(16)27)21-22-11-4-12-23-21/h1-12,17,26H. The number of hydrogen-bond acceptors (Lipinski definition) is 7. The fraction of sp³-hybridized carbons (Fsp3) is 0.0476. The number of aliphatic hydroxyl groups excluding tert-OH is 1. The van der Waals surface area contributed by atoms with Crippen molar-refractivity contribution in [3.63, 3.8) is 0 Å². The van der Waals surface area contributed by atoms with Crippen LogP contribution in [0.3, 0.4) is 0 Å². The van der Waals surface area contributed by atoms with Gasteiger partial charge in [0.2, 0.25) is 5.95 Å². The summed E-state index contributed by atoms with van der Waals surface area (Å²) in [5.41, 5.74) is 0.461. The SMILES string of the molecule is O=C1C(=O)N(c2ncccn2)C(c2ccc([N+](=O)[O-])cc2)C1=C(O)c1ccccc1. The van der Waals surface area contributed by atoms with Gasteiger partial charge in [0.1, 0.15) is 5.76 Å². The van der Waals surface area contributed by atoms with Gasteiger partial charge in [-0.3, -0.25) is 24.6 Å². The highest BCUT2D eigenvalue weighted by atomic mass is 16.6. The molecule has 3 aromatic rings. The van der Waals surface area contributed by atoms with Gasteiger partial charge >= 0.3 is 5.91 Å². The molecule has 1 aromatic heterocycles. The Morgan fingerprint density at radius 3 is 2.20 bits per heavy atom. The maximum atomic E-state index is 12.9. The van der Waals surface area contributed by atoms with Crippen LogP contribution in [0.25, 0.3) is 5.76 Å². The third-order valence-corrected chi connectivity index (χ3v) is 4.68. The number of non-ortho nitro benzene ring substituents is 1. The molecule has 1 unspecified atom stereocenters. The van der Waals surface area contributed by atoms with E-state index in [0.717, 1.165) is 4.90 Å². The van der Waals surface area contributed by atoms with Crippen molar-refractivity contribution >= 4 is 29.1 Å². The molecule has 0 bridgehead atoms. The van der Waals surface area contributed by atoms with Crippen LogP contribution in [0.5, 0.6) is 0 Å². The number of carbonyl (C=O) groups excluding carboxylic acids is 2. The second-order valence-electron chi connectivity index (χ2n) is 6.43. The van der Waals surface area contributed by atoms with Crippen molar-refractivity contribution in [2.75, 3.05) is 4.90 Å². The molecule has 2 heterocycles. The summed E-state index contributed by atoms with van der Waals surface area (Å²) in [6, 6.07) is 14.3. The number of aromatic nitrogens is 2. The zero-order valence-corrected chi connectivity index (χ0v) is 15.4. The van der Waals surface area contributed by atoms with Crippen molar-refractivity contribution in [1.82, 2.24) is 9.97 Å². The van der Waals surface area contributed by atoms with Crippen LogP contribution >= 0.6 is 0 Å². The summed E-state index contributed by atoms with van der Waals surface area (Å²) in [5.74, 6) is -2.17. The van der Waals surface area contributed by atoms with Gasteiger partial charge in [-0.2, -0.15) is 0 Å². The van der Waals surface area contributed by atoms with Crippen molar-refractivity contribution in [2.45, 2.75) is 6.04 Å². The predicted molar refractivity (Wildman–Crippen MR) is 106 cm³/mol. The van der Waals surface area contributed by atoms with Gasteiger partial charge in [0, 0.05) is 30.1 Å². The van der Waals surface area contributed by atoms with Crippen LogP contribution in [0, 0.1) is 10.1 Å². The third kappa shape index (κ3) is 3.18. The highest BCUT2D eigenvalue weighted by Crippen LogP contribution is 2.41. The first kappa shape index (κ1) is 18.9. The van der Waals surface area contributed by atoms with E-state index in [2.05, 4.69) is 9.97 Å². The van der Waals surface area contributed by atoms with E-state index in [1.807, 2.05) is 0 Å². The average molecular weight is 402 g/mol. The summed E-state index contributed by atoms with van der Waals surface area (Å²) in [7, 11) is 0. The number of nitro benzene ring substituents is 1. The Balaban J connectivity index is 1.93. The van der Waals surface area contributed by atoms with Gasteiger partial charge in [-0.1, -0.05) is 30.3 Å². The van der Waals surface area contributed by atoms with E-state index in [1.165, 1.54) is 36.7 Å². The molecular formula is C21H14N4O5. The number of amides is 1. The van der Waals surface area contributed by atoms with Crippen molar-refractivity contribution < 1.29 is 19.6 Å². The number of ketones is 1. The lowest BCUT2D eigenvalue weighted by molar-refractivity contribution is -0.384. The molecule has 4 rings (SSSR count). The number of nitro groups is 1. The molecular weight excluding hydrogens is 388 g/mol.